The molecule has 2 amide bonds. The highest BCUT2D eigenvalue weighted by Crippen LogP contribution is 2.22. The lowest BCUT2D eigenvalue weighted by molar-refractivity contribution is -0.00521. The van der Waals surface area contributed by atoms with E-state index in [9.17, 15) is 4.79 Å². The lowest BCUT2D eigenvalue weighted by Gasteiger charge is -2.36. The van der Waals surface area contributed by atoms with Gasteiger partial charge in [-0.15, -0.1) is 0 Å². The molecule has 1 aromatic heterocycles. The second-order valence-corrected chi connectivity index (χ2v) is 6.88. The molecule has 1 fully saturated rings. The van der Waals surface area contributed by atoms with Crippen molar-refractivity contribution in [1.29, 1.82) is 0 Å². The van der Waals surface area contributed by atoms with Crippen molar-refractivity contribution >= 4 is 23.1 Å². The summed E-state index contributed by atoms with van der Waals surface area (Å²) in [5.74, 6) is 0. The fraction of sp³-hybridized carbons (Fsp3) is 0.474. The number of rotatable bonds is 5. The number of benzene rings is 1. The summed E-state index contributed by atoms with van der Waals surface area (Å²) >= 11 is 0. The zero-order valence-electron chi connectivity index (χ0n) is 16.0. The van der Waals surface area contributed by atoms with Crippen molar-refractivity contribution in [2.75, 3.05) is 35.2 Å². The van der Waals surface area contributed by atoms with E-state index in [1.54, 1.807) is 10.9 Å². The number of urea groups is 1. The first-order valence-electron chi connectivity index (χ1n) is 9.18. The number of aliphatic hydroxyl groups is 1. The van der Waals surface area contributed by atoms with E-state index < -0.39 is 0 Å². The number of anilines is 3. The van der Waals surface area contributed by atoms with Crippen molar-refractivity contribution in [1.82, 2.24) is 9.78 Å². The molecule has 1 aromatic carbocycles. The molecule has 146 valence electrons. The van der Waals surface area contributed by atoms with E-state index in [0.29, 0.717) is 17.9 Å². The van der Waals surface area contributed by atoms with Crippen LogP contribution in [0.5, 0.6) is 0 Å². The molecule has 0 radical (unpaired) electrons. The lowest BCUT2D eigenvalue weighted by Crippen LogP contribution is -2.45. The Morgan fingerprint density at radius 1 is 1.22 bits per heavy atom. The van der Waals surface area contributed by atoms with Crippen molar-refractivity contribution in [2.45, 2.75) is 39.5 Å². The molecule has 0 aliphatic carbocycles. The van der Waals surface area contributed by atoms with Crippen LogP contribution >= 0.6 is 0 Å². The third-order valence-corrected chi connectivity index (χ3v) is 4.57. The predicted octanol–water partition coefficient (Wildman–Crippen LogP) is 2.44. The molecule has 8 heteroatoms. The van der Waals surface area contributed by atoms with E-state index in [0.717, 1.165) is 24.5 Å². The number of aromatic nitrogens is 2. The molecule has 2 aromatic rings. The minimum Gasteiger partial charge on any atom is -0.394 e. The number of nitrogens with zero attached hydrogens (tertiary/aromatic N) is 3. The molecule has 2 heterocycles. The largest absolute Gasteiger partial charge is 0.394 e. The topological polar surface area (TPSA) is 91.7 Å². The van der Waals surface area contributed by atoms with E-state index >= 15 is 0 Å². The summed E-state index contributed by atoms with van der Waals surface area (Å²) in [4.78, 5) is 14.5. The van der Waals surface area contributed by atoms with Crippen LogP contribution in [0.25, 0.3) is 0 Å². The van der Waals surface area contributed by atoms with Crippen LogP contribution in [-0.4, -0.2) is 52.8 Å². The van der Waals surface area contributed by atoms with E-state index in [1.807, 2.05) is 31.2 Å². The second-order valence-electron chi connectivity index (χ2n) is 6.88. The van der Waals surface area contributed by atoms with Gasteiger partial charge in [-0.1, -0.05) is 0 Å². The van der Waals surface area contributed by atoms with Crippen molar-refractivity contribution in [3.8, 4) is 0 Å². The minimum atomic E-state index is -0.331. The number of nitrogens with one attached hydrogen (secondary N) is 2. The third kappa shape index (κ3) is 4.78. The highest BCUT2D eigenvalue weighted by atomic mass is 16.5. The Labute approximate surface area is 159 Å². The summed E-state index contributed by atoms with van der Waals surface area (Å²) in [7, 11) is 0. The lowest BCUT2D eigenvalue weighted by atomic mass is 10.2. The van der Waals surface area contributed by atoms with E-state index in [-0.39, 0.29) is 24.8 Å². The fourth-order valence-corrected chi connectivity index (χ4v) is 3.32. The molecule has 8 nitrogen and oxygen atoms in total. The van der Waals surface area contributed by atoms with Gasteiger partial charge in [-0.3, -0.25) is 4.68 Å². The normalized spacial score (nSPS) is 19.8. The molecule has 1 aliphatic rings. The first-order valence-corrected chi connectivity index (χ1v) is 9.18. The number of aliphatic hydroxyl groups excluding tert-OH is 1. The van der Waals surface area contributed by atoms with Crippen LogP contribution < -0.4 is 15.5 Å². The van der Waals surface area contributed by atoms with E-state index in [1.165, 1.54) is 0 Å². The van der Waals surface area contributed by atoms with Gasteiger partial charge in [-0.2, -0.15) is 5.10 Å². The standard InChI is InChI=1S/C19H27N5O3/c1-13-11-23(12-14(2)27-13)17-6-4-16(5-7-17)21-19(26)22-18-10-20-24(8-9-25)15(18)3/h4-7,10,13-14,25H,8-9,11-12H2,1-3H3,(H2,21,22,26). The molecule has 2 unspecified atom stereocenters. The van der Waals surface area contributed by atoms with Crippen LogP contribution in [0.4, 0.5) is 21.9 Å². The zero-order valence-corrected chi connectivity index (χ0v) is 16.0. The summed E-state index contributed by atoms with van der Waals surface area (Å²) in [5.41, 5.74) is 3.24. The maximum absolute atomic E-state index is 12.2. The average Bonchev–Trinajstić information content (AvgIpc) is 2.95. The number of hydrogen-bond acceptors (Lipinski definition) is 5. The van der Waals surface area contributed by atoms with E-state index in [2.05, 4.69) is 34.5 Å². The molecular weight excluding hydrogens is 346 g/mol. The average molecular weight is 373 g/mol. The molecule has 27 heavy (non-hydrogen) atoms. The van der Waals surface area contributed by atoms with Gasteiger partial charge in [0.25, 0.3) is 0 Å². The number of amides is 2. The summed E-state index contributed by atoms with van der Waals surface area (Å²) in [5, 5.41) is 18.8. The number of morpholine rings is 1. The van der Waals surface area contributed by atoms with Gasteiger partial charge in [-0.25, -0.2) is 4.79 Å². The third-order valence-electron chi connectivity index (χ3n) is 4.57. The first kappa shape index (κ1) is 19.2. The van der Waals surface area contributed by atoms with Crippen molar-refractivity contribution < 1.29 is 14.6 Å². The van der Waals surface area contributed by atoms with Gasteiger partial charge in [0.1, 0.15) is 0 Å². The van der Waals surface area contributed by atoms with Crippen LogP contribution in [0.3, 0.4) is 0 Å². The Morgan fingerprint density at radius 3 is 2.52 bits per heavy atom. The predicted molar refractivity (Wildman–Crippen MR) is 105 cm³/mol. The highest BCUT2D eigenvalue weighted by Gasteiger charge is 2.22. The minimum absolute atomic E-state index is 0.00119. The number of hydrogen-bond donors (Lipinski definition) is 3. The Kier molecular flexibility index (Phi) is 5.98. The van der Waals surface area contributed by atoms with Crippen molar-refractivity contribution in [3.05, 3.63) is 36.2 Å². The van der Waals surface area contributed by atoms with Crippen LogP contribution in [0.2, 0.25) is 0 Å². The summed E-state index contributed by atoms with van der Waals surface area (Å²) in [6, 6.07) is 7.46. The van der Waals surface area contributed by atoms with Crippen molar-refractivity contribution in [2.24, 2.45) is 0 Å². The Hall–Kier alpha value is -2.58. The van der Waals surface area contributed by atoms with Gasteiger partial charge in [0.2, 0.25) is 0 Å². The molecule has 3 rings (SSSR count). The number of carbonyl (C=O) groups is 1. The molecule has 0 spiro atoms. The smallest absolute Gasteiger partial charge is 0.323 e. The van der Waals surface area contributed by atoms with Gasteiger partial charge >= 0.3 is 6.03 Å². The Bertz CT molecular complexity index is 764. The molecule has 0 bridgehead atoms. The highest BCUT2D eigenvalue weighted by molar-refractivity contribution is 6.00. The van der Waals surface area contributed by atoms with Gasteiger partial charge < -0.3 is 25.4 Å². The van der Waals surface area contributed by atoms with Gasteiger partial charge in [0.05, 0.1) is 42.9 Å². The summed E-state index contributed by atoms with van der Waals surface area (Å²) < 4.78 is 7.42. The fourth-order valence-electron chi connectivity index (χ4n) is 3.32. The first-order chi connectivity index (χ1) is 13.0. The van der Waals surface area contributed by atoms with Crippen LogP contribution in [0, 0.1) is 6.92 Å². The molecular formula is C19H27N5O3. The zero-order chi connectivity index (χ0) is 19.4. The van der Waals surface area contributed by atoms with Crippen molar-refractivity contribution in [3.63, 3.8) is 0 Å². The Balaban J connectivity index is 1.58. The maximum Gasteiger partial charge on any atom is 0.323 e. The molecule has 2 atom stereocenters. The molecule has 1 aliphatic heterocycles. The van der Waals surface area contributed by atoms with Gasteiger partial charge in [0, 0.05) is 24.5 Å². The second kappa shape index (κ2) is 8.41. The van der Waals surface area contributed by atoms with Gasteiger partial charge in [0.15, 0.2) is 0 Å². The summed E-state index contributed by atoms with van der Waals surface area (Å²) in [6.45, 7) is 8.11. The van der Waals surface area contributed by atoms with Crippen LogP contribution in [-0.2, 0) is 11.3 Å². The molecule has 0 saturated carbocycles. The molecule has 3 N–H and O–H groups in total. The Morgan fingerprint density at radius 2 is 1.89 bits per heavy atom. The van der Waals surface area contributed by atoms with Crippen LogP contribution in [0.15, 0.2) is 30.5 Å². The number of carbonyl (C=O) groups excluding carboxylic acids is 1. The van der Waals surface area contributed by atoms with Crippen LogP contribution in [0.1, 0.15) is 19.5 Å². The van der Waals surface area contributed by atoms with E-state index in [4.69, 9.17) is 9.84 Å². The maximum atomic E-state index is 12.2. The monoisotopic (exact) mass is 373 g/mol. The molecule has 1 saturated heterocycles. The quantitative estimate of drug-likeness (QED) is 0.749. The number of ether oxygens (including phenoxy) is 1. The van der Waals surface area contributed by atoms with Gasteiger partial charge in [-0.05, 0) is 45.0 Å². The SMILES string of the molecule is Cc1c(NC(=O)Nc2ccc(N3CC(C)OC(C)C3)cc2)cnn1CCO. The summed E-state index contributed by atoms with van der Waals surface area (Å²) in [6.07, 6.45) is 1.98.